The van der Waals surface area contributed by atoms with Crippen molar-refractivity contribution >= 4 is 5.71 Å². The van der Waals surface area contributed by atoms with Crippen LogP contribution in [0.3, 0.4) is 0 Å². The summed E-state index contributed by atoms with van der Waals surface area (Å²) in [5, 5.41) is 11.8. The Bertz CT molecular complexity index is 156. The maximum Gasteiger partial charge on any atom is 0.0629 e. The highest BCUT2D eigenvalue weighted by molar-refractivity contribution is 5.85. The summed E-state index contributed by atoms with van der Waals surface area (Å²) in [6.07, 6.45) is 3.01. The van der Waals surface area contributed by atoms with E-state index in [1.165, 1.54) is 0 Å². The van der Waals surface area contributed by atoms with E-state index in [-0.39, 0.29) is 12.2 Å². The normalized spacial score (nSPS) is 36.0. The molecule has 2 unspecified atom stereocenters. The molecule has 0 aliphatic carbocycles. The Morgan fingerprint density at radius 3 is 2.91 bits per heavy atom. The van der Waals surface area contributed by atoms with Gasteiger partial charge in [-0.25, -0.2) is 0 Å². The summed E-state index contributed by atoms with van der Waals surface area (Å²) in [7, 11) is 0. The Balaban J connectivity index is 2.50. The second-order valence-corrected chi connectivity index (χ2v) is 3.05. The van der Waals surface area contributed by atoms with Crippen molar-refractivity contribution in [2.75, 3.05) is 0 Å². The van der Waals surface area contributed by atoms with Gasteiger partial charge in [0.2, 0.25) is 0 Å². The summed E-state index contributed by atoms with van der Waals surface area (Å²) in [5.74, 6) is 0. The SMILES string of the molecule is CCC1CC(=NO)CC(C)O1. The zero-order valence-corrected chi connectivity index (χ0v) is 7.08. The summed E-state index contributed by atoms with van der Waals surface area (Å²) in [6, 6.07) is 0. The van der Waals surface area contributed by atoms with Crippen molar-refractivity contribution in [1.29, 1.82) is 0 Å². The minimum Gasteiger partial charge on any atom is -0.411 e. The highest BCUT2D eigenvalue weighted by Crippen LogP contribution is 2.18. The predicted molar refractivity (Wildman–Crippen MR) is 43.1 cm³/mol. The van der Waals surface area contributed by atoms with Crippen LogP contribution in [0.1, 0.15) is 33.1 Å². The van der Waals surface area contributed by atoms with Gasteiger partial charge in [0.1, 0.15) is 0 Å². The van der Waals surface area contributed by atoms with E-state index in [4.69, 9.17) is 9.94 Å². The third-order valence-electron chi connectivity index (χ3n) is 2.01. The first kappa shape index (κ1) is 8.53. The monoisotopic (exact) mass is 157 g/mol. The second-order valence-electron chi connectivity index (χ2n) is 3.05. The van der Waals surface area contributed by atoms with Gasteiger partial charge in [0.05, 0.1) is 17.9 Å². The Morgan fingerprint density at radius 1 is 1.64 bits per heavy atom. The summed E-state index contributed by atoms with van der Waals surface area (Å²) < 4.78 is 5.58. The van der Waals surface area contributed by atoms with E-state index in [0.29, 0.717) is 0 Å². The van der Waals surface area contributed by atoms with Gasteiger partial charge in [-0.3, -0.25) is 0 Å². The van der Waals surface area contributed by atoms with Gasteiger partial charge in [-0.15, -0.1) is 0 Å². The van der Waals surface area contributed by atoms with Crippen molar-refractivity contribution in [3.8, 4) is 0 Å². The van der Waals surface area contributed by atoms with Gasteiger partial charge in [0.15, 0.2) is 0 Å². The lowest BCUT2D eigenvalue weighted by molar-refractivity contribution is -0.00969. The van der Waals surface area contributed by atoms with E-state index in [2.05, 4.69) is 12.1 Å². The number of oxime groups is 1. The quantitative estimate of drug-likeness (QED) is 0.465. The minimum absolute atomic E-state index is 0.208. The predicted octanol–water partition coefficient (Wildman–Crippen LogP) is 1.79. The molecule has 1 N–H and O–H groups in total. The summed E-state index contributed by atoms with van der Waals surface area (Å²) in [4.78, 5) is 0. The zero-order chi connectivity index (χ0) is 8.27. The minimum atomic E-state index is 0.208. The molecule has 1 saturated heterocycles. The van der Waals surface area contributed by atoms with Gasteiger partial charge in [-0.2, -0.15) is 0 Å². The van der Waals surface area contributed by atoms with Crippen LogP contribution in [-0.2, 0) is 4.74 Å². The molecule has 3 heteroatoms. The van der Waals surface area contributed by atoms with Crippen LogP contribution in [0, 0.1) is 0 Å². The maximum atomic E-state index is 8.55. The molecule has 64 valence electrons. The van der Waals surface area contributed by atoms with Crippen LogP contribution in [0.15, 0.2) is 5.16 Å². The van der Waals surface area contributed by atoms with Crippen molar-refractivity contribution in [2.45, 2.75) is 45.3 Å². The summed E-state index contributed by atoms with van der Waals surface area (Å²) in [5.41, 5.74) is 0.871. The number of nitrogens with zero attached hydrogens (tertiary/aromatic N) is 1. The van der Waals surface area contributed by atoms with Crippen LogP contribution in [0.5, 0.6) is 0 Å². The first-order chi connectivity index (χ1) is 5.26. The number of hydrogen-bond acceptors (Lipinski definition) is 3. The molecule has 0 bridgehead atoms. The standard InChI is InChI=1S/C8H15NO2/c1-3-8-5-7(9-10)4-6(2)11-8/h6,8,10H,3-5H2,1-2H3. The van der Waals surface area contributed by atoms with Crippen LogP contribution >= 0.6 is 0 Å². The number of rotatable bonds is 1. The number of hydrogen-bond donors (Lipinski definition) is 1. The van der Waals surface area contributed by atoms with Crippen LogP contribution in [-0.4, -0.2) is 23.1 Å². The molecular weight excluding hydrogens is 142 g/mol. The van der Waals surface area contributed by atoms with Gasteiger partial charge < -0.3 is 9.94 Å². The molecule has 0 spiro atoms. The maximum absolute atomic E-state index is 8.55. The lowest BCUT2D eigenvalue weighted by atomic mass is 10.0. The molecule has 0 aromatic heterocycles. The van der Waals surface area contributed by atoms with Crippen molar-refractivity contribution in [1.82, 2.24) is 0 Å². The van der Waals surface area contributed by atoms with Gasteiger partial charge in [-0.1, -0.05) is 12.1 Å². The first-order valence-electron chi connectivity index (χ1n) is 4.11. The molecule has 0 radical (unpaired) electrons. The van der Waals surface area contributed by atoms with Gasteiger partial charge >= 0.3 is 0 Å². The molecule has 1 aliphatic rings. The highest BCUT2D eigenvalue weighted by atomic mass is 16.5. The molecular formula is C8H15NO2. The molecule has 0 aromatic carbocycles. The van der Waals surface area contributed by atoms with Crippen LogP contribution in [0.2, 0.25) is 0 Å². The average Bonchev–Trinajstić information content (AvgIpc) is 2.03. The van der Waals surface area contributed by atoms with E-state index in [9.17, 15) is 0 Å². The average molecular weight is 157 g/mol. The van der Waals surface area contributed by atoms with Crippen LogP contribution in [0.25, 0.3) is 0 Å². The fourth-order valence-corrected chi connectivity index (χ4v) is 1.42. The number of ether oxygens (including phenoxy) is 1. The summed E-state index contributed by atoms with van der Waals surface area (Å²) >= 11 is 0. The van der Waals surface area contributed by atoms with Gasteiger partial charge in [0, 0.05) is 12.8 Å². The van der Waals surface area contributed by atoms with Crippen molar-refractivity contribution in [2.24, 2.45) is 5.16 Å². The molecule has 11 heavy (non-hydrogen) atoms. The molecule has 1 rings (SSSR count). The van der Waals surface area contributed by atoms with E-state index in [0.717, 1.165) is 25.0 Å². The lowest BCUT2D eigenvalue weighted by Crippen LogP contribution is -2.30. The van der Waals surface area contributed by atoms with Gasteiger partial charge in [-0.05, 0) is 13.3 Å². The van der Waals surface area contributed by atoms with Crippen LogP contribution < -0.4 is 0 Å². The van der Waals surface area contributed by atoms with E-state index in [1.54, 1.807) is 0 Å². The van der Waals surface area contributed by atoms with E-state index in [1.807, 2.05) is 6.92 Å². The summed E-state index contributed by atoms with van der Waals surface area (Å²) in [6.45, 7) is 4.09. The fourth-order valence-electron chi connectivity index (χ4n) is 1.42. The fraction of sp³-hybridized carbons (Fsp3) is 0.875. The van der Waals surface area contributed by atoms with Crippen LogP contribution in [0.4, 0.5) is 0 Å². The highest BCUT2D eigenvalue weighted by Gasteiger charge is 2.22. The van der Waals surface area contributed by atoms with Gasteiger partial charge in [0.25, 0.3) is 0 Å². The third kappa shape index (κ3) is 2.19. The molecule has 1 heterocycles. The zero-order valence-electron chi connectivity index (χ0n) is 7.08. The van der Waals surface area contributed by atoms with Crippen molar-refractivity contribution in [3.63, 3.8) is 0 Å². The largest absolute Gasteiger partial charge is 0.411 e. The third-order valence-corrected chi connectivity index (χ3v) is 2.01. The Kier molecular flexibility index (Phi) is 2.88. The molecule has 1 fully saturated rings. The molecule has 0 saturated carbocycles. The first-order valence-corrected chi connectivity index (χ1v) is 4.11. The van der Waals surface area contributed by atoms with E-state index < -0.39 is 0 Å². The molecule has 3 nitrogen and oxygen atoms in total. The second kappa shape index (κ2) is 3.72. The molecule has 2 atom stereocenters. The lowest BCUT2D eigenvalue weighted by Gasteiger charge is -2.27. The molecule has 1 aliphatic heterocycles. The Morgan fingerprint density at radius 2 is 2.36 bits per heavy atom. The smallest absolute Gasteiger partial charge is 0.0629 e. The van der Waals surface area contributed by atoms with Crippen molar-refractivity contribution in [3.05, 3.63) is 0 Å². The molecule has 0 aromatic rings. The Hall–Kier alpha value is -0.570. The van der Waals surface area contributed by atoms with E-state index >= 15 is 0 Å². The molecule has 0 amide bonds. The Labute approximate surface area is 67.0 Å². The van der Waals surface area contributed by atoms with Crippen molar-refractivity contribution < 1.29 is 9.94 Å². The topological polar surface area (TPSA) is 41.8 Å².